The highest BCUT2D eigenvalue weighted by atomic mass is 35.5. The van der Waals surface area contributed by atoms with E-state index in [0.29, 0.717) is 6.61 Å². The smallest absolute Gasteiger partial charge is 0.141 e. The van der Waals surface area contributed by atoms with Crippen LogP contribution in [0.1, 0.15) is 24.1 Å². The summed E-state index contributed by atoms with van der Waals surface area (Å²) < 4.78 is 18.7. The summed E-state index contributed by atoms with van der Waals surface area (Å²) in [6.45, 7) is 2.25. The van der Waals surface area contributed by atoms with E-state index in [4.69, 9.17) is 22.1 Å². The number of ether oxygens (including phenoxy) is 1. The second-order valence-electron chi connectivity index (χ2n) is 4.40. The van der Waals surface area contributed by atoms with Gasteiger partial charge < -0.3 is 10.5 Å². The topological polar surface area (TPSA) is 35.2 Å². The highest BCUT2D eigenvalue weighted by molar-refractivity contribution is 6.30. The third-order valence-corrected chi connectivity index (χ3v) is 3.06. The maximum absolute atomic E-state index is 13.0. The fourth-order valence-electron chi connectivity index (χ4n) is 1.68. The molecule has 2 nitrogen and oxygen atoms in total. The molecule has 1 unspecified atom stereocenters. The van der Waals surface area contributed by atoms with Crippen molar-refractivity contribution in [1.82, 2.24) is 0 Å². The number of nitrogens with two attached hydrogens (primary N) is 1. The lowest BCUT2D eigenvalue weighted by molar-refractivity contribution is 0.305. The van der Waals surface area contributed by atoms with E-state index in [1.807, 2.05) is 31.2 Å². The Morgan fingerprint density at radius 1 is 1.26 bits per heavy atom. The zero-order chi connectivity index (χ0) is 13.8. The number of hydrogen-bond donors (Lipinski definition) is 1. The van der Waals surface area contributed by atoms with Crippen molar-refractivity contribution in [2.75, 3.05) is 0 Å². The van der Waals surface area contributed by atoms with Crippen molar-refractivity contribution in [3.8, 4) is 5.75 Å². The quantitative estimate of drug-likeness (QED) is 0.915. The molecule has 0 amide bonds. The van der Waals surface area contributed by atoms with Gasteiger partial charge >= 0.3 is 0 Å². The van der Waals surface area contributed by atoms with E-state index in [1.165, 1.54) is 6.07 Å². The molecule has 0 aliphatic carbocycles. The zero-order valence-corrected chi connectivity index (χ0v) is 11.3. The molecule has 2 aromatic carbocycles. The molecule has 0 saturated carbocycles. The molecule has 0 heterocycles. The van der Waals surface area contributed by atoms with Crippen molar-refractivity contribution >= 4 is 11.6 Å². The van der Waals surface area contributed by atoms with Crippen molar-refractivity contribution in [3.05, 3.63) is 64.4 Å². The van der Waals surface area contributed by atoms with E-state index < -0.39 is 5.82 Å². The van der Waals surface area contributed by atoms with Crippen molar-refractivity contribution < 1.29 is 9.13 Å². The first-order chi connectivity index (χ1) is 9.06. The summed E-state index contributed by atoms with van der Waals surface area (Å²) in [4.78, 5) is 0. The Kier molecular flexibility index (Phi) is 4.40. The summed E-state index contributed by atoms with van der Waals surface area (Å²) in [6, 6.07) is 12.1. The number of halogens is 2. The molecular weight excluding hydrogens is 265 g/mol. The van der Waals surface area contributed by atoms with Gasteiger partial charge in [0.15, 0.2) is 0 Å². The van der Waals surface area contributed by atoms with Crippen LogP contribution in [-0.4, -0.2) is 0 Å². The van der Waals surface area contributed by atoms with Crippen molar-refractivity contribution in [2.24, 2.45) is 5.73 Å². The van der Waals surface area contributed by atoms with Gasteiger partial charge in [-0.25, -0.2) is 4.39 Å². The van der Waals surface area contributed by atoms with E-state index in [-0.39, 0.29) is 11.1 Å². The van der Waals surface area contributed by atoms with Crippen LogP contribution < -0.4 is 10.5 Å². The SMILES string of the molecule is CC(N)c1cccc(OCc2ccc(F)c(Cl)c2)c1. The fourth-order valence-corrected chi connectivity index (χ4v) is 1.89. The minimum absolute atomic E-state index is 0.0381. The summed E-state index contributed by atoms with van der Waals surface area (Å²) in [5.41, 5.74) is 7.64. The van der Waals surface area contributed by atoms with Crippen LogP contribution in [0, 0.1) is 5.82 Å². The van der Waals surface area contributed by atoms with Crippen LogP contribution in [0.4, 0.5) is 4.39 Å². The van der Waals surface area contributed by atoms with E-state index in [1.54, 1.807) is 12.1 Å². The van der Waals surface area contributed by atoms with Crippen LogP contribution in [-0.2, 0) is 6.61 Å². The van der Waals surface area contributed by atoms with Gasteiger partial charge in [-0.2, -0.15) is 0 Å². The molecule has 0 spiro atoms. The highest BCUT2D eigenvalue weighted by Crippen LogP contribution is 2.20. The number of benzene rings is 2. The Bertz CT molecular complexity index is 572. The molecule has 0 aliphatic rings. The summed E-state index contributed by atoms with van der Waals surface area (Å²) in [7, 11) is 0. The Hall–Kier alpha value is -1.58. The number of rotatable bonds is 4. The van der Waals surface area contributed by atoms with E-state index in [0.717, 1.165) is 16.9 Å². The second kappa shape index (κ2) is 6.04. The summed E-state index contributed by atoms with van der Waals surface area (Å²) >= 11 is 5.72. The molecule has 0 fully saturated rings. The van der Waals surface area contributed by atoms with Crippen LogP contribution in [0.2, 0.25) is 5.02 Å². The van der Waals surface area contributed by atoms with Gasteiger partial charge in [0.25, 0.3) is 0 Å². The van der Waals surface area contributed by atoms with Crippen molar-refractivity contribution in [2.45, 2.75) is 19.6 Å². The van der Waals surface area contributed by atoms with Gasteiger partial charge in [0.05, 0.1) is 5.02 Å². The third-order valence-electron chi connectivity index (χ3n) is 2.77. The molecule has 2 N–H and O–H groups in total. The maximum Gasteiger partial charge on any atom is 0.141 e. The van der Waals surface area contributed by atoms with Crippen molar-refractivity contribution in [1.29, 1.82) is 0 Å². The highest BCUT2D eigenvalue weighted by Gasteiger charge is 2.04. The van der Waals surface area contributed by atoms with Gasteiger partial charge in [0.2, 0.25) is 0 Å². The van der Waals surface area contributed by atoms with Crippen LogP contribution in [0.25, 0.3) is 0 Å². The van der Waals surface area contributed by atoms with Crippen LogP contribution in [0.5, 0.6) is 5.75 Å². The first kappa shape index (κ1) is 13.8. The van der Waals surface area contributed by atoms with Gasteiger partial charge in [-0.05, 0) is 42.3 Å². The van der Waals surface area contributed by atoms with Crippen LogP contribution in [0.15, 0.2) is 42.5 Å². The summed E-state index contributed by atoms with van der Waals surface area (Å²) in [5.74, 6) is 0.305. The molecule has 19 heavy (non-hydrogen) atoms. The van der Waals surface area contributed by atoms with E-state index in [9.17, 15) is 4.39 Å². The Morgan fingerprint density at radius 3 is 2.74 bits per heavy atom. The third kappa shape index (κ3) is 3.69. The zero-order valence-electron chi connectivity index (χ0n) is 10.6. The minimum Gasteiger partial charge on any atom is -0.489 e. The lowest BCUT2D eigenvalue weighted by atomic mass is 10.1. The fraction of sp³-hybridized carbons (Fsp3) is 0.200. The molecular formula is C15H15ClFNO. The average Bonchev–Trinajstić information content (AvgIpc) is 2.40. The lowest BCUT2D eigenvalue weighted by Gasteiger charge is -2.10. The monoisotopic (exact) mass is 279 g/mol. The molecule has 4 heteroatoms. The predicted molar refractivity (Wildman–Crippen MR) is 74.8 cm³/mol. The largest absolute Gasteiger partial charge is 0.489 e. The molecule has 0 saturated heterocycles. The van der Waals surface area contributed by atoms with Crippen molar-refractivity contribution in [3.63, 3.8) is 0 Å². The maximum atomic E-state index is 13.0. The van der Waals surface area contributed by atoms with E-state index in [2.05, 4.69) is 0 Å². The molecule has 2 aromatic rings. The van der Waals surface area contributed by atoms with Crippen LogP contribution >= 0.6 is 11.6 Å². The molecule has 0 radical (unpaired) electrons. The minimum atomic E-state index is -0.427. The van der Waals surface area contributed by atoms with Gasteiger partial charge in [0, 0.05) is 6.04 Å². The standard InChI is InChI=1S/C15H15ClFNO/c1-10(18)12-3-2-4-13(8-12)19-9-11-5-6-15(17)14(16)7-11/h2-8,10H,9,18H2,1H3. The predicted octanol–water partition coefficient (Wildman–Crippen LogP) is 4.08. The number of hydrogen-bond acceptors (Lipinski definition) is 2. The Labute approximate surface area is 117 Å². The van der Waals surface area contributed by atoms with Crippen LogP contribution in [0.3, 0.4) is 0 Å². The Morgan fingerprint density at radius 2 is 2.05 bits per heavy atom. The van der Waals surface area contributed by atoms with Gasteiger partial charge in [-0.15, -0.1) is 0 Å². The average molecular weight is 280 g/mol. The summed E-state index contributed by atoms with van der Waals surface area (Å²) in [6.07, 6.45) is 0. The molecule has 2 rings (SSSR count). The normalized spacial score (nSPS) is 12.2. The Balaban J connectivity index is 2.05. The lowest BCUT2D eigenvalue weighted by Crippen LogP contribution is -2.05. The molecule has 100 valence electrons. The molecule has 0 aliphatic heterocycles. The molecule has 0 bridgehead atoms. The second-order valence-corrected chi connectivity index (χ2v) is 4.81. The molecule has 0 aromatic heterocycles. The first-order valence-corrected chi connectivity index (χ1v) is 6.36. The van der Waals surface area contributed by atoms with E-state index >= 15 is 0 Å². The van der Waals surface area contributed by atoms with Gasteiger partial charge in [-0.3, -0.25) is 0 Å². The first-order valence-electron chi connectivity index (χ1n) is 5.98. The summed E-state index contributed by atoms with van der Waals surface area (Å²) in [5, 5.41) is 0.102. The molecule has 1 atom stereocenters. The van der Waals surface area contributed by atoms with Gasteiger partial charge in [-0.1, -0.05) is 29.8 Å². The van der Waals surface area contributed by atoms with Gasteiger partial charge in [0.1, 0.15) is 18.2 Å².